The molecule has 0 aliphatic rings. The lowest BCUT2D eigenvalue weighted by Gasteiger charge is -2.02. The lowest BCUT2D eigenvalue weighted by atomic mass is 10.2. The van der Waals surface area contributed by atoms with Crippen molar-refractivity contribution in [2.24, 2.45) is 0 Å². The maximum Gasteiger partial charge on any atom is 0.305 e. The van der Waals surface area contributed by atoms with Crippen LogP contribution in [0.1, 0.15) is 16.1 Å². The van der Waals surface area contributed by atoms with E-state index in [1.54, 1.807) is 24.3 Å². The summed E-state index contributed by atoms with van der Waals surface area (Å²) >= 11 is 11.7. The monoisotopic (exact) mass is 324 g/mol. The minimum absolute atomic E-state index is 0.0981. The predicted molar refractivity (Wildman–Crippen MR) is 79.8 cm³/mol. The van der Waals surface area contributed by atoms with Gasteiger partial charge in [-0.05, 0) is 42.0 Å². The number of nitrogens with one attached hydrogen (secondary N) is 2. The minimum Gasteiger partial charge on any atom is -0.459 e. The van der Waals surface area contributed by atoms with Gasteiger partial charge in [0.1, 0.15) is 0 Å². The fraction of sp³-hybridized carbons (Fsp3) is 0. The van der Waals surface area contributed by atoms with E-state index in [1.807, 2.05) is 0 Å². The van der Waals surface area contributed by atoms with E-state index in [1.165, 1.54) is 24.5 Å². The van der Waals surface area contributed by atoms with Crippen molar-refractivity contribution in [3.63, 3.8) is 0 Å². The summed E-state index contributed by atoms with van der Waals surface area (Å²) in [6, 6.07) is 7.94. The van der Waals surface area contributed by atoms with Crippen LogP contribution in [0.2, 0.25) is 10.0 Å². The molecule has 0 unspecified atom stereocenters. The predicted octanol–water partition coefficient (Wildman–Crippen LogP) is 3.06. The second-order valence-corrected chi connectivity index (χ2v) is 4.83. The molecular formula is C14H10Cl2N2O3. The van der Waals surface area contributed by atoms with Gasteiger partial charge in [0.25, 0.3) is 5.91 Å². The van der Waals surface area contributed by atoms with E-state index < -0.39 is 11.8 Å². The van der Waals surface area contributed by atoms with Gasteiger partial charge < -0.3 is 4.42 Å². The first kappa shape index (κ1) is 15.2. The van der Waals surface area contributed by atoms with Crippen LogP contribution in [0, 0.1) is 0 Å². The highest BCUT2D eigenvalue weighted by Gasteiger charge is 2.08. The van der Waals surface area contributed by atoms with Crippen molar-refractivity contribution in [3.8, 4) is 0 Å². The van der Waals surface area contributed by atoms with Crippen LogP contribution < -0.4 is 10.9 Å². The minimum atomic E-state index is -0.549. The molecule has 2 N–H and O–H groups in total. The molecule has 1 aromatic carbocycles. The largest absolute Gasteiger partial charge is 0.459 e. The number of carbonyl (C=O) groups is 2. The number of benzene rings is 1. The van der Waals surface area contributed by atoms with Crippen LogP contribution in [-0.2, 0) is 4.79 Å². The Balaban J connectivity index is 1.89. The molecule has 0 spiro atoms. The van der Waals surface area contributed by atoms with E-state index in [0.29, 0.717) is 15.6 Å². The van der Waals surface area contributed by atoms with Crippen molar-refractivity contribution in [3.05, 3.63) is 64.0 Å². The maximum absolute atomic E-state index is 11.6. The Bertz CT molecular complexity index is 661. The first-order valence-corrected chi connectivity index (χ1v) is 6.58. The van der Waals surface area contributed by atoms with Gasteiger partial charge in [0.15, 0.2) is 5.76 Å². The summed E-state index contributed by atoms with van der Waals surface area (Å²) in [4.78, 5) is 23.0. The standard InChI is InChI=1S/C14H10Cl2N2O3/c15-10-6-9(7-11(16)8-10)3-4-13(19)17-18-14(20)12-2-1-5-21-12/h1-8H,(H,17,19)(H,18,20). The number of rotatable bonds is 3. The Hall–Kier alpha value is -2.24. The third kappa shape index (κ3) is 4.66. The number of carbonyl (C=O) groups excluding carboxylic acids is 2. The second-order valence-electron chi connectivity index (χ2n) is 3.96. The zero-order chi connectivity index (χ0) is 15.2. The smallest absolute Gasteiger partial charge is 0.305 e. The lowest BCUT2D eigenvalue weighted by Crippen LogP contribution is -2.40. The van der Waals surface area contributed by atoms with Crippen LogP contribution in [0.15, 0.2) is 47.1 Å². The molecule has 0 aliphatic carbocycles. The molecule has 2 amide bonds. The van der Waals surface area contributed by atoms with Gasteiger partial charge in [-0.25, -0.2) is 0 Å². The van der Waals surface area contributed by atoms with Gasteiger partial charge in [0.2, 0.25) is 0 Å². The quantitative estimate of drug-likeness (QED) is 0.673. The van der Waals surface area contributed by atoms with Gasteiger partial charge in [-0.3, -0.25) is 20.4 Å². The number of hydrazine groups is 1. The summed E-state index contributed by atoms with van der Waals surface area (Å²) in [5.41, 5.74) is 5.09. The molecule has 0 fully saturated rings. The van der Waals surface area contributed by atoms with E-state index >= 15 is 0 Å². The van der Waals surface area contributed by atoms with Gasteiger partial charge >= 0.3 is 5.91 Å². The van der Waals surface area contributed by atoms with Crippen molar-refractivity contribution < 1.29 is 14.0 Å². The first-order chi connectivity index (χ1) is 10.0. The molecule has 2 rings (SSSR count). The molecule has 7 heteroatoms. The van der Waals surface area contributed by atoms with Crippen molar-refractivity contribution in [2.75, 3.05) is 0 Å². The highest BCUT2D eigenvalue weighted by atomic mass is 35.5. The Morgan fingerprint density at radius 3 is 2.43 bits per heavy atom. The van der Waals surface area contributed by atoms with Crippen LogP contribution in [0.3, 0.4) is 0 Å². The second kappa shape index (κ2) is 6.97. The molecule has 1 heterocycles. The zero-order valence-corrected chi connectivity index (χ0v) is 12.1. The average molecular weight is 325 g/mol. The molecule has 1 aromatic heterocycles. The topological polar surface area (TPSA) is 71.3 Å². The summed E-state index contributed by atoms with van der Waals surface area (Å²) in [5.74, 6) is -0.959. The number of furan rings is 1. The number of amides is 2. The summed E-state index contributed by atoms with van der Waals surface area (Å²) in [7, 11) is 0. The molecule has 2 aromatic rings. The maximum atomic E-state index is 11.6. The average Bonchev–Trinajstić information content (AvgIpc) is 2.95. The van der Waals surface area contributed by atoms with Crippen LogP contribution >= 0.6 is 23.2 Å². The normalized spacial score (nSPS) is 10.6. The molecule has 21 heavy (non-hydrogen) atoms. The molecular weight excluding hydrogens is 315 g/mol. The SMILES string of the molecule is O=C(C=Cc1cc(Cl)cc(Cl)c1)NNC(=O)c1ccco1. The third-order valence-electron chi connectivity index (χ3n) is 2.36. The zero-order valence-electron chi connectivity index (χ0n) is 10.6. The summed E-state index contributed by atoms with van der Waals surface area (Å²) in [5, 5.41) is 0.933. The fourth-order valence-corrected chi connectivity index (χ4v) is 2.02. The Labute approximate surface area is 130 Å². The number of hydrogen-bond donors (Lipinski definition) is 2. The van der Waals surface area contributed by atoms with Gasteiger partial charge in [-0.2, -0.15) is 0 Å². The molecule has 5 nitrogen and oxygen atoms in total. The fourth-order valence-electron chi connectivity index (χ4n) is 1.47. The highest BCUT2D eigenvalue weighted by Crippen LogP contribution is 2.19. The molecule has 0 radical (unpaired) electrons. The van der Waals surface area contributed by atoms with E-state index in [2.05, 4.69) is 10.9 Å². The first-order valence-electron chi connectivity index (χ1n) is 5.82. The molecule has 108 valence electrons. The van der Waals surface area contributed by atoms with Gasteiger partial charge in [-0.15, -0.1) is 0 Å². The van der Waals surface area contributed by atoms with Gasteiger partial charge in [-0.1, -0.05) is 23.2 Å². The molecule has 0 saturated carbocycles. The van der Waals surface area contributed by atoms with Crippen molar-refractivity contribution in [1.82, 2.24) is 10.9 Å². The van der Waals surface area contributed by atoms with E-state index in [9.17, 15) is 9.59 Å². The van der Waals surface area contributed by atoms with E-state index in [4.69, 9.17) is 27.6 Å². The van der Waals surface area contributed by atoms with Crippen LogP contribution in [0.5, 0.6) is 0 Å². The Kier molecular flexibility index (Phi) is 5.03. The Morgan fingerprint density at radius 1 is 1.10 bits per heavy atom. The summed E-state index contributed by atoms with van der Waals surface area (Å²) in [6.07, 6.45) is 4.12. The number of halogens is 2. The van der Waals surface area contributed by atoms with E-state index in [0.717, 1.165) is 0 Å². The van der Waals surface area contributed by atoms with E-state index in [-0.39, 0.29) is 5.76 Å². The van der Waals surface area contributed by atoms with Crippen molar-refractivity contribution in [1.29, 1.82) is 0 Å². The Morgan fingerprint density at radius 2 is 1.81 bits per heavy atom. The van der Waals surface area contributed by atoms with Crippen molar-refractivity contribution >= 4 is 41.1 Å². The lowest BCUT2D eigenvalue weighted by molar-refractivity contribution is -0.117. The van der Waals surface area contributed by atoms with Crippen LogP contribution in [0.25, 0.3) is 6.08 Å². The van der Waals surface area contributed by atoms with Gasteiger partial charge in [0, 0.05) is 16.1 Å². The van der Waals surface area contributed by atoms with Crippen LogP contribution in [-0.4, -0.2) is 11.8 Å². The molecule has 0 bridgehead atoms. The summed E-state index contributed by atoms with van der Waals surface area (Å²) in [6.45, 7) is 0. The molecule has 0 atom stereocenters. The molecule has 0 aliphatic heterocycles. The van der Waals surface area contributed by atoms with Gasteiger partial charge in [0.05, 0.1) is 6.26 Å². The van der Waals surface area contributed by atoms with Crippen LogP contribution in [0.4, 0.5) is 0 Å². The molecule has 0 saturated heterocycles. The summed E-state index contributed by atoms with van der Waals surface area (Å²) < 4.78 is 4.87. The third-order valence-corrected chi connectivity index (χ3v) is 2.79. The van der Waals surface area contributed by atoms with Crippen molar-refractivity contribution in [2.45, 2.75) is 0 Å². The number of hydrogen-bond acceptors (Lipinski definition) is 3. The highest BCUT2D eigenvalue weighted by molar-refractivity contribution is 6.34.